The lowest BCUT2D eigenvalue weighted by atomic mass is 10.1. The predicted molar refractivity (Wildman–Crippen MR) is 75.4 cm³/mol. The van der Waals surface area contributed by atoms with E-state index in [9.17, 15) is 14.4 Å². The highest BCUT2D eigenvalue weighted by Crippen LogP contribution is 2.03. The number of nitrogens with zero attached hydrogens (tertiary/aromatic N) is 1. The fraction of sp³-hybridized carbons (Fsp3) is 0.769. The molecule has 0 heterocycles. The fourth-order valence-electron chi connectivity index (χ4n) is 1.48. The number of carbonyl (C=O) groups excluding carboxylic acids is 2. The minimum atomic E-state index is -0.840. The Morgan fingerprint density at radius 2 is 1.90 bits per heavy atom. The highest BCUT2D eigenvalue weighted by Gasteiger charge is 2.13. The first kappa shape index (κ1) is 18.2. The first-order valence-corrected chi connectivity index (χ1v) is 6.84. The summed E-state index contributed by atoms with van der Waals surface area (Å²) in [6.07, 6.45) is 1.45. The normalized spacial score (nSPS) is 11.6. The van der Waals surface area contributed by atoms with Gasteiger partial charge in [-0.15, -0.1) is 0 Å². The van der Waals surface area contributed by atoms with Crippen molar-refractivity contribution in [3.63, 3.8) is 0 Å². The Hall–Kier alpha value is -1.79. The topological polar surface area (TPSA) is 98.7 Å². The molecular weight excluding hydrogens is 262 g/mol. The van der Waals surface area contributed by atoms with Crippen molar-refractivity contribution < 1.29 is 19.5 Å². The summed E-state index contributed by atoms with van der Waals surface area (Å²) in [5.74, 6) is -0.950. The fourth-order valence-corrected chi connectivity index (χ4v) is 1.48. The second-order valence-electron chi connectivity index (χ2n) is 4.93. The summed E-state index contributed by atoms with van der Waals surface area (Å²) >= 11 is 0. The zero-order valence-corrected chi connectivity index (χ0v) is 12.4. The lowest BCUT2D eigenvalue weighted by molar-refractivity contribution is -0.137. The number of carboxylic acids is 1. The summed E-state index contributed by atoms with van der Waals surface area (Å²) in [6.45, 7) is 4.83. The van der Waals surface area contributed by atoms with Crippen LogP contribution in [0.2, 0.25) is 0 Å². The van der Waals surface area contributed by atoms with Crippen molar-refractivity contribution in [3.05, 3.63) is 0 Å². The zero-order valence-electron chi connectivity index (χ0n) is 12.4. The molecule has 20 heavy (non-hydrogen) atoms. The molecule has 0 radical (unpaired) electrons. The lowest BCUT2D eigenvalue weighted by Crippen LogP contribution is -2.44. The van der Waals surface area contributed by atoms with Gasteiger partial charge >= 0.3 is 12.0 Å². The van der Waals surface area contributed by atoms with E-state index >= 15 is 0 Å². The third-order valence-electron chi connectivity index (χ3n) is 2.75. The van der Waals surface area contributed by atoms with Crippen LogP contribution in [0.1, 0.15) is 33.1 Å². The summed E-state index contributed by atoms with van der Waals surface area (Å²) in [6, 6.07) is -0.334. The predicted octanol–water partition coefficient (Wildman–Crippen LogP) is 0.655. The number of carboxylic acid groups (broad SMARTS) is 1. The van der Waals surface area contributed by atoms with E-state index in [-0.39, 0.29) is 30.8 Å². The first-order valence-electron chi connectivity index (χ1n) is 6.84. The number of rotatable bonds is 9. The number of urea groups is 1. The number of hydrogen-bond donors (Lipinski definition) is 3. The van der Waals surface area contributed by atoms with Gasteiger partial charge in [0.2, 0.25) is 5.91 Å². The van der Waals surface area contributed by atoms with Crippen molar-refractivity contribution >= 4 is 17.9 Å². The average Bonchev–Trinajstić information content (AvgIpc) is 2.39. The minimum absolute atomic E-state index is 0.00927. The molecule has 0 saturated carbocycles. The molecule has 3 N–H and O–H groups in total. The molecule has 0 spiro atoms. The van der Waals surface area contributed by atoms with Gasteiger partial charge in [-0.3, -0.25) is 9.59 Å². The number of nitrogens with one attached hydrogen (secondary N) is 2. The summed E-state index contributed by atoms with van der Waals surface area (Å²) in [5, 5.41) is 13.9. The van der Waals surface area contributed by atoms with Gasteiger partial charge in [-0.25, -0.2) is 4.79 Å². The van der Waals surface area contributed by atoms with Crippen LogP contribution in [0.3, 0.4) is 0 Å². The van der Waals surface area contributed by atoms with Crippen LogP contribution in [0.5, 0.6) is 0 Å². The highest BCUT2D eigenvalue weighted by atomic mass is 16.4. The quantitative estimate of drug-likeness (QED) is 0.580. The molecule has 1 unspecified atom stereocenters. The van der Waals surface area contributed by atoms with Crippen molar-refractivity contribution in [2.24, 2.45) is 5.92 Å². The second kappa shape index (κ2) is 10.1. The minimum Gasteiger partial charge on any atom is -0.481 e. The molecule has 0 fully saturated rings. The number of likely N-dealkylation sites (N-methyl/N-ethyl adjacent to an activating group) is 1. The average molecular weight is 287 g/mol. The van der Waals surface area contributed by atoms with Gasteiger partial charge in [0.05, 0.1) is 0 Å². The molecule has 0 aliphatic rings. The molecule has 3 amide bonds. The van der Waals surface area contributed by atoms with Crippen molar-refractivity contribution in [2.75, 3.05) is 26.7 Å². The van der Waals surface area contributed by atoms with Crippen LogP contribution in [-0.4, -0.2) is 54.6 Å². The molecule has 7 heteroatoms. The molecule has 0 saturated heterocycles. The third kappa shape index (κ3) is 9.18. The third-order valence-corrected chi connectivity index (χ3v) is 2.75. The van der Waals surface area contributed by atoms with Gasteiger partial charge in [-0.1, -0.05) is 13.8 Å². The van der Waals surface area contributed by atoms with E-state index in [1.54, 1.807) is 7.05 Å². The molecule has 0 aliphatic carbocycles. The van der Waals surface area contributed by atoms with Gasteiger partial charge < -0.3 is 20.6 Å². The number of amides is 3. The summed E-state index contributed by atoms with van der Waals surface area (Å²) in [4.78, 5) is 34.9. The Morgan fingerprint density at radius 3 is 2.45 bits per heavy atom. The number of carbonyl (C=O) groups is 3. The van der Waals surface area contributed by atoms with E-state index in [4.69, 9.17) is 5.11 Å². The molecule has 1 atom stereocenters. The van der Waals surface area contributed by atoms with Crippen LogP contribution in [0.15, 0.2) is 0 Å². The Labute approximate surface area is 119 Å². The van der Waals surface area contributed by atoms with Gasteiger partial charge in [0.1, 0.15) is 6.54 Å². The maximum Gasteiger partial charge on any atom is 0.317 e. The standard InChI is InChI=1S/C13H25N3O4/c1-4-7-14-11(17)9-16(3)13(20)15-8-10(2)5-6-12(18)19/h10H,4-9H2,1-3H3,(H,14,17)(H,15,20)(H,18,19). The van der Waals surface area contributed by atoms with Crippen molar-refractivity contribution in [1.82, 2.24) is 15.5 Å². The molecule has 116 valence electrons. The molecule has 0 rings (SSSR count). The Morgan fingerprint density at radius 1 is 1.25 bits per heavy atom. The van der Waals surface area contributed by atoms with Crippen LogP contribution in [0.25, 0.3) is 0 Å². The summed E-state index contributed by atoms with van der Waals surface area (Å²) < 4.78 is 0. The molecule has 0 bridgehead atoms. The van der Waals surface area contributed by atoms with Gasteiger partial charge in [-0.2, -0.15) is 0 Å². The molecular formula is C13H25N3O4. The second-order valence-corrected chi connectivity index (χ2v) is 4.93. The zero-order chi connectivity index (χ0) is 15.5. The van der Waals surface area contributed by atoms with E-state index in [1.165, 1.54) is 4.90 Å². The summed E-state index contributed by atoms with van der Waals surface area (Å²) in [5.41, 5.74) is 0. The Balaban J connectivity index is 3.89. The molecule has 0 aromatic carbocycles. The highest BCUT2D eigenvalue weighted by molar-refractivity contribution is 5.83. The molecule has 7 nitrogen and oxygen atoms in total. The van der Waals surface area contributed by atoms with Crippen molar-refractivity contribution in [1.29, 1.82) is 0 Å². The Bertz CT molecular complexity index is 334. The summed E-state index contributed by atoms with van der Waals surface area (Å²) in [7, 11) is 1.54. The van der Waals surface area contributed by atoms with Crippen LogP contribution in [0, 0.1) is 5.92 Å². The van der Waals surface area contributed by atoms with Gasteiger partial charge in [0.25, 0.3) is 0 Å². The monoisotopic (exact) mass is 287 g/mol. The van der Waals surface area contributed by atoms with Crippen molar-refractivity contribution in [2.45, 2.75) is 33.1 Å². The molecule has 0 aromatic rings. The molecule has 0 aliphatic heterocycles. The van der Waals surface area contributed by atoms with Gasteiger partial charge in [-0.05, 0) is 18.8 Å². The largest absolute Gasteiger partial charge is 0.481 e. The van der Waals surface area contributed by atoms with E-state index < -0.39 is 5.97 Å². The van der Waals surface area contributed by atoms with Gasteiger partial charge in [0.15, 0.2) is 0 Å². The molecule has 0 aromatic heterocycles. The first-order chi connectivity index (χ1) is 9.36. The number of aliphatic carboxylic acids is 1. The SMILES string of the molecule is CCCNC(=O)CN(C)C(=O)NCC(C)CCC(=O)O. The van der Waals surface area contributed by atoms with Crippen LogP contribution >= 0.6 is 0 Å². The lowest BCUT2D eigenvalue weighted by Gasteiger charge is -2.19. The number of hydrogen-bond acceptors (Lipinski definition) is 3. The van der Waals surface area contributed by atoms with Crippen molar-refractivity contribution in [3.8, 4) is 0 Å². The van der Waals surface area contributed by atoms with Crippen LogP contribution in [0.4, 0.5) is 4.79 Å². The van der Waals surface area contributed by atoms with Gasteiger partial charge in [0, 0.05) is 26.6 Å². The van der Waals surface area contributed by atoms with Crippen LogP contribution < -0.4 is 10.6 Å². The smallest absolute Gasteiger partial charge is 0.317 e. The van der Waals surface area contributed by atoms with E-state index in [1.807, 2.05) is 13.8 Å². The maximum absolute atomic E-state index is 11.7. The van der Waals surface area contributed by atoms with E-state index in [2.05, 4.69) is 10.6 Å². The Kier molecular flexibility index (Phi) is 9.15. The van der Waals surface area contributed by atoms with E-state index in [0.717, 1.165) is 6.42 Å². The van der Waals surface area contributed by atoms with E-state index in [0.29, 0.717) is 19.5 Å². The van der Waals surface area contributed by atoms with Crippen LogP contribution in [-0.2, 0) is 9.59 Å². The maximum atomic E-state index is 11.7.